The summed E-state index contributed by atoms with van der Waals surface area (Å²) in [5.41, 5.74) is 1.07. The predicted molar refractivity (Wildman–Crippen MR) is 142 cm³/mol. The molecule has 0 saturated carbocycles. The molecule has 9 nitrogen and oxygen atoms in total. The van der Waals surface area contributed by atoms with Crippen molar-refractivity contribution < 1.29 is 29.4 Å². The van der Waals surface area contributed by atoms with Crippen molar-refractivity contribution in [2.75, 3.05) is 6.54 Å². The second-order valence-corrected chi connectivity index (χ2v) is 9.78. The summed E-state index contributed by atoms with van der Waals surface area (Å²) in [4.78, 5) is 56.8. The average Bonchev–Trinajstić information content (AvgIpc) is 3.41. The van der Waals surface area contributed by atoms with Crippen molar-refractivity contribution in [1.29, 1.82) is 0 Å². The van der Waals surface area contributed by atoms with Crippen molar-refractivity contribution in [3.63, 3.8) is 0 Å². The van der Waals surface area contributed by atoms with Crippen molar-refractivity contribution >= 4 is 35.9 Å². The van der Waals surface area contributed by atoms with Gasteiger partial charge in [0.15, 0.2) is 0 Å². The van der Waals surface area contributed by atoms with Gasteiger partial charge in [0.2, 0.25) is 11.8 Å². The van der Waals surface area contributed by atoms with Gasteiger partial charge in [0.1, 0.15) is 5.54 Å². The number of imide groups is 1. The van der Waals surface area contributed by atoms with E-state index in [1.165, 1.54) is 0 Å². The molecule has 9 heteroatoms. The molecule has 2 saturated heterocycles. The minimum atomic E-state index is -2.13. The first-order valence-electron chi connectivity index (χ1n) is 12.6. The largest absolute Gasteiger partial charge is 0.481 e. The van der Waals surface area contributed by atoms with E-state index < -0.39 is 53.6 Å². The van der Waals surface area contributed by atoms with Crippen LogP contribution in [0.2, 0.25) is 0 Å². The maximum atomic E-state index is 13.6. The molecular weight excluding hydrogens is 498 g/mol. The molecule has 39 heavy (non-hydrogen) atoms. The number of fused-ring (bicyclic) bond motifs is 1. The maximum absolute atomic E-state index is 13.6. The Morgan fingerprint density at radius 3 is 2.18 bits per heavy atom. The number of pyridine rings is 1. The van der Waals surface area contributed by atoms with Crippen LogP contribution in [0.15, 0.2) is 79.0 Å². The zero-order valence-electron chi connectivity index (χ0n) is 20.9. The first-order valence-corrected chi connectivity index (χ1v) is 12.6. The molecule has 5 rings (SSSR count). The standard InChI is InChI=1S/C30H27N3O6/c34-23(35)18-30(29(38)39)25-24(27(36)33(28(25)37)17-15-22-8-4-5-16-31-22)26(32-30)21-13-11-20(12-14-21)10-9-19-6-2-1-3-7-19/h1-14,16,24-26,32H,15,17-18H2,(H,34,35)(H,38,39)/b10-9+. The second kappa shape index (κ2) is 10.6. The molecule has 4 unspecified atom stereocenters. The summed E-state index contributed by atoms with van der Waals surface area (Å²) in [6, 6.07) is 21.5. The number of carboxylic acids is 2. The first kappa shape index (κ1) is 26.0. The molecule has 2 aromatic carbocycles. The summed E-state index contributed by atoms with van der Waals surface area (Å²) in [6.45, 7) is 0.0282. The number of rotatable bonds is 9. The van der Waals surface area contributed by atoms with Gasteiger partial charge in [-0.3, -0.25) is 34.4 Å². The molecule has 0 aliphatic carbocycles. The lowest BCUT2D eigenvalue weighted by Gasteiger charge is -2.29. The molecular formula is C30H27N3O6. The summed E-state index contributed by atoms with van der Waals surface area (Å²) in [5, 5.41) is 22.7. The van der Waals surface area contributed by atoms with Gasteiger partial charge in [-0.25, -0.2) is 0 Å². The van der Waals surface area contributed by atoms with E-state index in [-0.39, 0.29) is 6.54 Å². The number of nitrogens with one attached hydrogen (secondary N) is 1. The minimum Gasteiger partial charge on any atom is -0.481 e. The topological polar surface area (TPSA) is 137 Å². The fourth-order valence-electron chi connectivity index (χ4n) is 5.59. The van der Waals surface area contributed by atoms with E-state index in [2.05, 4.69) is 10.3 Å². The molecule has 2 fully saturated rings. The molecule has 3 heterocycles. The number of aromatic nitrogens is 1. The fourth-order valence-corrected chi connectivity index (χ4v) is 5.59. The van der Waals surface area contributed by atoms with Gasteiger partial charge < -0.3 is 10.2 Å². The SMILES string of the molecule is O=C(O)CC1(C(=O)O)NC(c2ccc(/C=C/c3ccccc3)cc2)C2C(=O)N(CCc3ccccn3)C(=O)C21. The Kier molecular flexibility index (Phi) is 7.08. The summed E-state index contributed by atoms with van der Waals surface area (Å²) < 4.78 is 0. The van der Waals surface area contributed by atoms with Crippen LogP contribution in [0.3, 0.4) is 0 Å². The van der Waals surface area contributed by atoms with Gasteiger partial charge in [-0.1, -0.05) is 72.8 Å². The Labute approximate surface area is 224 Å². The van der Waals surface area contributed by atoms with E-state index >= 15 is 0 Å². The molecule has 0 radical (unpaired) electrons. The highest BCUT2D eigenvalue weighted by Crippen LogP contribution is 2.50. The Morgan fingerprint density at radius 1 is 0.897 bits per heavy atom. The number of carbonyl (C=O) groups is 4. The summed E-state index contributed by atoms with van der Waals surface area (Å²) in [5.74, 6) is -6.45. The number of hydrogen-bond donors (Lipinski definition) is 3. The van der Waals surface area contributed by atoms with Crippen molar-refractivity contribution in [1.82, 2.24) is 15.2 Å². The highest BCUT2D eigenvalue weighted by Gasteiger charge is 2.68. The van der Waals surface area contributed by atoms with Crippen LogP contribution < -0.4 is 5.32 Å². The van der Waals surface area contributed by atoms with Crippen LogP contribution >= 0.6 is 0 Å². The van der Waals surface area contributed by atoms with Crippen LogP contribution in [0.25, 0.3) is 12.2 Å². The van der Waals surface area contributed by atoms with E-state index in [0.717, 1.165) is 16.0 Å². The number of hydrogen-bond acceptors (Lipinski definition) is 6. The third kappa shape index (κ3) is 4.96. The van der Waals surface area contributed by atoms with Crippen LogP contribution in [-0.2, 0) is 25.6 Å². The van der Waals surface area contributed by atoms with E-state index in [0.29, 0.717) is 17.7 Å². The zero-order chi connectivity index (χ0) is 27.6. The van der Waals surface area contributed by atoms with Crippen LogP contribution in [0, 0.1) is 11.8 Å². The second-order valence-electron chi connectivity index (χ2n) is 9.78. The van der Waals surface area contributed by atoms with Gasteiger partial charge in [0.25, 0.3) is 0 Å². The van der Waals surface area contributed by atoms with Gasteiger partial charge in [-0.2, -0.15) is 0 Å². The van der Waals surface area contributed by atoms with Crippen LogP contribution in [-0.4, -0.2) is 55.9 Å². The first-order chi connectivity index (χ1) is 18.8. The Bertz CT molecular complexity index is 1420. The molecule has 198 valence electrons. The van der Waals surface area contributed by atoms with Gasteiger partial charge in [0.05, 0.1) is 18.3 Å². The third-order valence-electron chi connectivity index (χ3n) is 7.44. The number of likely N-dealkylation sites (tertiary alicyclic amines) is 1. The van der Waals surface area contributed by atoms with Gasteiger partial charge in [0, 0.05) is 30.9 Å². The number of aliphatic carboxylic acids is 2. The number of carbonyl (C=O) groups excluding carboxylic acids is 2. The lowest BCUT2D eigenvalue weighted by Crippen LogP contribution is -2.57. The number of nitrogens with zero attached hydrogens (tertiary/aromatic N) is 2. The zero-order valence-corrected chi connectivity index (χ0v) is 20.9. The monoisotopic (exact) mass is 525 g/mol. The number of benzene rings is 2. The summed E-state index contributed by atoms with van der Waals surface area (Å²) >= 11 is 0. The van der Waals surface area contributed by atoms with Crippen molar-refractivity contribution in [2.24, 2.45) is 11.8 Å². The van der Waals surface area contributed by atoms with Gasteiger partial charge in [-0.15, -0.1) is 0 Å². The average molecular weight is 526 g/mol. The third-order valence-corrected chi connectivity index (χ3v) is 7.44. The highest BCUT2D eigenvalue weighted by atomic mass is 16.4. The van der Waals surface area contributed by atoms with E-state index in [1.54, 1.807) is 36.5 Å². The smallest absolute Gasteiger partial charge is 0.325 e. The van der Waals surface area contributed by atoms with Crippen LogP contribution in [0.1, 0.15) is 34.8 Å². The molecule has 2 aliphatic rings. The normalized spacial score (nSPS) is 24.3. The van der Waals surface area contributed by atoms with E-state index in [9.17, 15) is 29.4 Å². The van der Waals surface area contributed by atoms with Gasteiger partial charge >= 0.3 is 11.9 Å². The lowest BCUT2D eigenvalue weighted by molar-refractivity contribution is -0.156. The van der Waals surface area contributed by atoms with E-state index in [4.69, 9.17) is 0 Å². The predicted octanol–water partition coefficient (Wildman–Crippen LogP) is 3.04. The number of carboxylic acid groups (broad SMARTS) is 2. The molecule has 3 aromatic rings. The lowest BCUT2D eigenvalue weighted by atomic mass is 9.77. The van der Waals surface area contributed by atoms with E-state index in [1.807, 2.05) is 54.6 Å². The van der Waals surface area contributed by atoms with Crippen LogP contribution in [0.4, 0.5) is 0 Å². The summed E-state index contributed by atoms with van der Waals surface area (Å²) in [7, 11) is 0. The minimum absolute atomic E-state index is 0.0282. The van der Waals surface area contributed by atoms with Crippen molar-refractivity contribution in [3.05, 3.63) is 101 Å². The maximum Gasteiger partial charge on any atom is 0.325 e. The Morgan fingerprint density at radius 2 is 1.56 bits per heavy atom. The number of amides is 2. The summed E-state index contributed by atoms with van der Waals surface area (Å²) in [6.07, 6.45) is 4.96. The molecule has 2 amide bonds. The van der Waals surface area contributed by atoms with Crippen molar-refractivity contribution in [3.8, 4) is 0 Å². The van der Waals surface area contributed by atoms with Crippen molar-refractivity contribution in [2.45, 2.75) is 24.4 Å². The molecule has 3 N–H and O–H groups in total. The molecule has 4 atom stereocenters. The fraction of sp³-hybridized carbons (Fsp3) is 0.233. The quantitative estimate of drug-likeness (QED) is 0.286. The molecule has 0 bridgehead atoms. The van der Waals surface area contributed by atoms with Crippen LogP contribution in [0.5, 0.6) is 0 Å². The highest BCUT2D eigenvalue weighted by molar-refractivity contribution is 6.10. The van der Waals surface area contributed by atoms with Gasteiger partial charge in [-0.05, 0) is 28.8 Å². The molecule has 0 spiro atoms. The Balaban J connectivity index is 1.45. The molecule has 2 aliphatic heterocycles. The molecule has 1 aromatic heterocycles. The Hall–Kier alpha value is -4.63.